The van der Waals surface area contributed by atoms with Crippen molar-refractivity contribution in [2.75, 3.05) is 13.7 Å². The fourth-order valence-corrected chi connectivity index (χ4v) is 6.78. The number of aliphatic carboxylic acids is 1. The Morgan fingerprint density at radius 3 is 1.84 bits per heavy atom. The topological polar surface area (TPSA) is 117 Å². The van der Waals surface area contributed by atoms with Gasteiger partial charge in [0.2, 0.25) is 11.8 Å². The Balaban J connectivity index is 0.000000202. The molecule has 0 radical (unpaired) electrons. The van der Waals surface area contributed by atoms with E-state index in [0.717, 1.165) is 69.5 Å². The van der Waals surface area contributed by atoms with E-state index in [1.54, 1.807) is 0 Å². The molecule has 0 amide bonds. The SMILES string of the molecule is COC(CO[C@@H]1CCC[C@H](OCc2nc(-c3ccc4ccccc4c3)oc2C)C1)C(=O)O.Cc1oc(-c2ccc3ccccc3c2)nc1CI. The molecule has 0 spiro atoms. The number of hydrogen-bond donors (Lipinski definition) is 1. The average Bonchev–Trinajstić information content (AvgIpc) is 3.72. The van der Waals surface area contributed by atoms with Crippen molar-refractivity contribution < 1.29 is 32.9 Å². The molecular weight excluding hydrogens is 747 g/mol. The third-order valence-corrected chi connectivity index (χ3v) is 9.70. The number of oxazole rings is 2. The Kier molecular flexibility index (Phi) is 12.0. The molecule has 0 aliphatic heterocycles. The first kappa shape index (κ1) is 35.7. The molecule has 1 aliphatic rings. The second kappa shape index (κ2) is 16.7. The summed E-state index contributed by atoms with van der Waals surface area (Å²) < 4.78 is 29.4. The molecule has 0 bridgehead atoms. The standard InChI is InChI=1S/C25H29NO6.C15H12INO/c1-16-22(26-24(32-16)19-11-10-17-6-3-4-7-18(17)12-19)14-30-20-8-5-9-21(13-20)31-15-23(29-2)25(27)28;1-10-14(9-16)17-15(18-10)13-7-6-11-4-2-3-5-12(11)8-13/h3-4,6-7,10-12,20-21,23H,5,8-9,13-15H2,1-2H3,(H,27,28);2-8H,9H2,1H3/t20-,21+,23?;/m0./s1. The minimum Gasteiger partial charge on any atom is -0.479 e. The van der Waals surface area contributed by atoms with E-state index >= 15 is 0 Å². The van der Waals surface area contributed by atoms with Gasteiger partial charge in [0.1, 0.15) is 17.2 Å². The second-order valence-corrected chi connectivity index (χ2v) is 13.2. The third kappa shape index (κ3) is 8.79. The van der Waals surface area contributed by atoms with Gasteiger partial charge in [-0.25, -0.2) is 14.8 Å². The molecule has 9 nitrogen and oxygen atoms in total. The summed E-state index contributed by atoms with van der Waals surface area (Å²) in [6.45, 7) is 4.28. The predicted molar refractivity (Wildman–Crippen MR) is 201 cm³/mol. The van der Waals surface area contributed by atoms with Gasteiger partial charge in [0, 0.05) is 22.7 Å². The van der Waals surface area contributed by atoms with Gasteiger partial charge in [-0.15, -0.1) is 0 Å². The normalized spacial score (nSPS) is 16.6. The van der Waals surface area contributed by atoms with Crippen LogP contribution >= 0.6 is 22.6 Å². The molecule has 10 heteroatoms. The van der Waals surface area contributed by atoms with E-state index in [0.29, 0.717) is 18.4 Å². The number of fused-ring (bicyclic) bond motifs is 2. The summed E-state index contributed by atoms with van der Waals surface area (Å²) >= 11 is 2.30. The quantitative estimate of drug-likeness (QED) is 0.101. The van der Waals surface area contributed by atoms with Gasteiger partial charge in [-0.2, -0.15) is 0 Å². The lowest BCUT2D eigenvalue weighted by atomic mass is 9.95. The fraction of sp³-hybridized carbons (Fsp3) is 0.325. The number of alkyl halides is 1. The summed E-state index contributed by atoms with van der Waals surface area (Å²) in [4.78, 5) is 20.3. The van der Waals surface area contributed by atoms with Gasteiger partial charge in [-0.1, -0.05) is 83.3 Å². The van der Waals surface area contributed by atoms with Crippen LogP contribution < -0.4 is 0 Å². The number of carboxylic acid groups (broad SMARTS) is 1. The maximum absolute atomic E-state index is 11.1. The van der Waals surface area contributed by atoms with Crippen LogP contribution in [0.3, 0.4) is 0 Å². The maximum atomic E-state index is 11.1. The van der Waals surface area contributed by atoms with Gasteiger partial charge in [0.15, 0.2) is 6.10 Å². The highest BCUT2D eigenvalue weighted by Crippen LogP contribution is 2.29. The first-order valence-corrected chi connectivity index (χ1v) is 18.3. The molecule has 2 heterocycles. The minimum absolute atomic E-state index is 0.0303. The number of benzene rings is 4. The van der Waals surface area contributed by atoms with Gasteiger partial charge < -0.3 is 28.2 Å². The van der Waals surface area contributed by atoms with Crippen LogP contribution in [0.15, 0.2) is 93.8 Å². The van der Waals surface area contributed by atoms with Crippen LogP contribution in [-0.4, -0.2) is 53.1 Å². The molecule has 1 unspecified atom stereocenters. The number of nitrogens with zero attached hydrogens (tertiary/aromatic N) is 2. The van der Waals surface area contributed by atoms with Crippen LogP contribution in [0.2, 0.25) is 0 Å². The summed E-state index contributed by atoms with van der Waals surface area (Å²) in [5, 5.41) is 13.8. The molecule has 1 saturated carbocycles. The molecule has 4 aromatic carbocycles. The highest BCUT2D eigenvalue weighted by Gasteiger charge is 2.26. The number of aryl methyl sites for hydroxylation is 2. The van der Waals surface area contributed by atoms with Crippen molar-refractivity contribution in [2.45, 2.75) is 68.9 Å². The molecule has 50 heavy (non-hydrogen) atoms. The number of methoxy groups -OCH3 is 1. The van der Waals surface area contributed by atoms with Crippen molar-refractivity contribution in [2.24, 2.45) is 0 Å². The first-order valence-electron chi connectivity index (χ1n) is 16.8. The lowest BCUT2D eigenvalue weighted by Crippen LogP contribution is -2.34. The molecule has 0 saturated heterocycles. The smallest absolute Gasteiger partial charge is 0.335 e. The third-order valence-electron chi connectivity index (χ3n) is 8.98. The van der Waals surface area contributed by atoms with Crippen molar-refractivity contribution in [3.05, 3.63) is 108 Å². The first-order chi connectivity index (χ1) is 24.3. The molecule has 1 N–H and O–H groups in total. The van der Waals surface area contributed by atoms with E-state index < -0.39 is 12.1 Å². The summed E-state index contributed by atoms with van der Waals surface area (Å²) in [5.74, 6) is 1.95. The van der Waals surface area contributed by atoms with E-state index in [1.807, 2.05) is 44.2 Å². The zero-order valence-electron chi connectivity index (χ0n) is 28.4. The summed E-state index contributed by atoms with van der Waals surface area (Å²) in [6, 6.07) is 29.0. The second-order valence-electron chi connectivity index (χ2n) is 12.4. The molecule has 6 aromatic rings. The highest BCUT2D eigenvalue weighted by atomic mass is 127. The highest BCUT2D eigenvalue weighted by molar-refractivity contribution is 14.1. The van der Waals surface area contributed by atoms with Crippen LogP contribution in [-0.2, 0) is 30.0 Å². The molecule has 1 fully saturated rings. The van der Waals surface area contributed by atoms with Crippen molar-refractivity contribution in [3.8, 4) is 22.9 Å². The number of carboxylic acids is 1. The Morgan fingerprint density at radius 2 is 1.32 bits per heavy atom. The number of halogens is 1. The van der Waals surface area contributed by atoms with Crippen molar-refractivity contribution in [1.82, 2.24) is 9.97 Å². The van der Waals surface area contributed by atoms with Gasteiger partial charge in [0.25, 0.3) is 0 Å². The maximum Gasteiger partial charge on any atom is 0.335 e. The summed E-state index contributed by atoms with van der Waals surface area (Å²) in [5.41, 5.74) is 3.79. The molecular formula is C40H41IN2O7. The Morgan fingerprint density at radius 1 is 0.800 bits per heavy atom. The van der Waals surface area contributed by atoms with Gasteiger partial charge in [0.05, 0.1) is 31.1 Å². The zero-order chi connectivity index (χ0) is 35.0. The van der Waals surface area contributed by atoms with Crippen LogP contribution in [0.1, 0.15) is 48.6 Å². The minimum atomic E-state index is -1.01. The van der Waals surface area contributed by atoms with Crippen LogP contribution in [0.25, 0.3) is 44.5 Å². The molecule has 260 valence electrons. The summed E-state index contributed by atoms with van der Waals surface area (Å²) in [7, 11) is 1.38. The van der Waals surface area contributed by atoms with Crippen LogP contribution in [0, 0.1) is 13.8 Å². The zero-order valence-corrected chi connectivity index (χ0v) is 30.6. The van der Waals surface area contributed by atoms with Gasteiger partial charge in [-0.3, -0.25) is 0 Å². The van der Waals surface area contributed by atoms with E-state index in [-0.39, 0.29) is 18.8 Å². The number of ether oxygens (including phenoxy) is 3. The van der Waals surface area contributed by atoms with E-state index in [2.05, 4.69) is 87.2 Å². The predicted octanol–water partition coefficient (Wildman–Crippen LogP) is 9.49. The number of hydrogen-bond acceptors (Lipinski definition) is 8. The largest absolute Gasteiger partial charge is 0.479 e. The van der Waals surface area contributed by atoms with Gasteiger partial charge >= 0.3 is 5.97 Å². The van der Waals surface area contributed by atoms with Crippen LogP contribution in [0.4, 0.5) is 0 Å². The number of aromatic nitrogens is 2. The molecule has 3 atom stereocenters. The lowest BCUT2D eigenvalue weighted by Gasteiger charge is -2.29. The van der Waals surface area contributed by atoms with E-state index in [1.165, 1.54) is 23.3 Å². The molecule has 2 aromatic heterocycles. The molecule has 7 rings (SSSR count). The lowest BCUT2D eigenvalue weighted by molar-refractivity contribution is -0.155. The van der Waals surface area contributed by atoms with Crippen LogP contribution in [0.5, 0.6) is 0 Å². The van der Waals surface area contributed by atoms with Gasteiger partial charge in [-0.05, 0) is 85.3 Å². The average molecular weight is 789 g/mol. The Bertz CT molecular complexity index is 2050. The van der Waals surface area contributed by atoms with E-state index in [4.69, 9.17) is 28.2 Å². The molecule has 1 aliphatic carbocycles. The fourth-order valence-electron chi connectivity index (χ4n) is 6.07. The summed E-state index contributed by atoms with van der Waals surface area (Å²) in [6.07, 6.45) is 2.61. The van der Waals surface area contributed by atoms with Crippen molar-refractivity contribution in [1.29, 1.82) is 0 Å². The number of carbonyl (C=O) groups is 1. The van der Waals surface area contributed by atoms with Crippen molar-refractivity contribution in [3.63, 3.8) is 0 Å². The Labute approximate surface area is 305 Å². The number of rotatable bonds is 11. The monoisotopic (exact) mass is 788 g/mol. The van der Waals surface area contributed by atoms with E-state index in [9.17, 15) is 4.79 Å². The Hall–Kier alpha value is -4.10. The van der Waals surface area contributed by atoms with Crippen molar-refractivity contribution >= 4 is 50.1 Å².